The lowest BCUT2D eigenvalue weighted by Gasteiger charge is -2.34. The van der Waals surface area contributed by atoms with Gasteiger partial charge in [0.25, 0.3) is 15.9 Å². The van der Waals surface area contributed by atoms with Crippen molar-refractivity contribution in [3.05, 3.63) is 46.5 Å². The number of anilines is 2. The van der Waals surface area contributed by atoms with E-state index in [-0.39, 0.29) is 16.2 Å². The van der Waals surface area contributed by atoms with Crippen LogP contribution in [0.5, 0.6) is 0 Å². The number of amides is 2. The Morgan fingerprint density at radius 3 is 2.47 bits per heavy atom. The maximum atomic E-state index is 13.0. The van der Waals surface area contributed by atoms with Crippen LogP contribution in [0.3, 0.4) is 0 Å². The van der Waals surface area contributed by atoms with E-state index in [4.69, 9.17) is 10.7 Å². The normalized spacial score (nSPS) is 16.2. The zero-order chi connectivity index (χ0) is 24.8. The fourth-order valence-electron chi connectivity index (χ4n) is 4.25. The molecule has 1 aromatic carbocycles. The van der Waals surface area contributed by atoms with E-state index in [9.17, 15) is 18.0 Å². The quantitative estimate of drug-likeness (QED) is 0.494. The van der Waals surface area contributed by atoms with Crippen LogP contribution in [0.15, 0.2) is 35.2 Å². The molecule has 0 bridgehead atoms. The van der Waals surface area contributed by atoms with E-state index in [1.54, 1.807) is 0 Å². The predicted molar refractivity (Wildman–Crippen MR) is 134 cm³/mol. The average molecular weight is 501 g/mol. The smallest absolute Gasteiger partial charge is 0.267 e. The number of pyridine rings is 1. The second-order valence-corrected chi connectivity index (χ2v) is 12.4. The van der Waals surface area contributed by atoms with Crippen LogP contribution in [0.4, 0.5) is 11.4 Å². The summed E-state index contributed by atoms with van der Waals surface area (Å²) in [6.07, 6.45) is 2.96. The fourth-order valence-corrected chi connectivity index (χ4v) is 6.23. The second kappa shape index (κ2) is 8.66. The average Bonchev–Trinajstić information content (AvgIpc) is 3.06. The van der Waals surface area contributed by atoms with Gasteiger partial charge in [0.05, 0.1) is 10.6 Å². The maximum Gasteiger partial charge on any atom is 0.267 e. The molecule has 2 aromatic heterocycles. The first-order valence-electron chi connectivity index (χ1n) is 11.0. The van der Waals surface area contributed by atoms with Crippen LogP contribution in [0.2, 0.25) is 0 Å². The van der Waals surface area contributed by atoms with E-state index in [0.717, 1.165) is 42.1 Å². The molecule has 3 aromatic rings. The van der Waals surface area contributed by atoms with Gasteiger partial charge in [-0.3, -0.25) is 9.59 Å². The highest BCUT2D eigenvalue weighted by molar-refractivity contribution is 7.90. The molecule has 1 unspecified atom stereocenters. The molecule has 4 rings (SSSR count). The number of benzene rings is 1. The summed E-state index contributed by atoms with van der Waals surface area (Å²) in [5.74, 6) is -0.496. The Bertz CT molecular complexity index is 1390. The van der Waals surface area contributed by atoms with E-state index >= 15 is 0 Å². The number of sulfonamides is 1. The monoisotopic (exact) mass is 500 g/mol. The number of fused-ring (bicyclic) bond motifs is 2. The van der Waals surface area contributed by atoms with Gasteiger partial charge in [0.1, 0.15) is 9.71 Å². The first-order valence-corrected chi connectivity index (χ1v) is 13.3. The Morgan fingerprint density at radius 2 is 1.85 bits per heavy atom. The van der Waals surface area contributed by atoms with E-state index in [1.165, 1.54) is 41.2 Å². The van der Waals surface area contributed by atoms with Crippen molar-refractivity contribution >= 4 is 54.8 Å². The van der Waals surface area contributed by atoms with Crippen LogP contribution in [0.1, 0.15) is 55.0 Å². The minimum absolute atomic E-state index is 0.0783. The number of nitrogens with one attached hydrogen (secondary N) is 2. The third kappa shape index (κ3) is 4.78. The minimum atomic E-state index is -3.94. The number of thiophene rings is 1. The molecule has 1 aliphatic carbocycles. The number of carbonyl (C=O) groups is 2. The summed E-state index contributed by atoms with van der Waals surface area (Å²) in [7, 11) is -3.94. The van der Waals surface area contributed by atoms with Crippen molar-refractivity contribution in [2.75, 3.05) is 11.1 Å². The Kier molecular flexibility index (Phi) is 6.15. The van der Waals surface area contributed by atoms with Crippen molar-refractivity contribution in [1.29, 1.82) is 0 Å². The maximum absolute atomic E-state index is 13.0. The Balaban J connectivity index is 1.57. The first kappa shape index (κ1) is 24.2. The summed E-state index contributed by atoms with van der Waals surface area (Å²) >= 11 is 1.25. The number of aryl methyl sites for hydroxylation is 1. The van der Waals surface area contributed by atoms with Gasteiger partial charge in [-0.15, -0.1) is 11.3 Å². The fraction of sp³-hybridized carbons (Fsp3) is 0.375. The lowest BCUT2D eigenvalue weighted by Crippen LogP contribution is -2.28. The highest BCUT2D eigenvalue weighted by Gasteiger charge is 2.30. The van der Waals surface area contributed by atoms with Crippen molar-refractivity contribution in [3.63, 3.8) is 0 Å². The van der Waals surface area contributed by atoms with Gasteiger partial charge in [-0.1, -0.05) is 20.8 Å². The van der Waals surface area contributed by atoms with Gasteiger partial charge in [-0.25, -0.2) is 18.1 Å². The van der Waals surface area contributed by atoms with E-state index in [2.05, 4.69) is 32.2 Å². The third-order valence-corrected chi connectivity index (χ3v) is 8.78. The van der Waals surface area contributed by atoms with Crippen molar-refractivity contribution in [3.8, 4) is 0 Å². The third-order valence-electron chi connectivity index (χ3n) is 6.22. The molecular weight excluding hydrogens is 472 g/mol. The SMILES string of the molecule is CC(=O)NS(=O)(=O)c1ccc(NC(=O)c2sc3nc4c(cc3c2N)CC(C(C)(C)C)CC4)cc1. The van der Waals surface area contributed by atoms with Gasteiger partial charge in [0, 0.05) is 23.7 Å². The molecule has 8 nitrogen and oxygen atoms in total. The second-order valence-electron chi connectivity index (χ2n) is 9.74. The van der Waals surface area contributed by atoms with Gasteiger partial charge in [0.2, 0.25) is 5.91 Å². The molecule has 0 fully saturated rings. The topological polar surface area (TPSA) is 131 Å². The van der Waals surface area contributed by atoms with Gasteiger partial charge >= 0.3 is 0 Å². The van der Waals surface area contributed by atoms with E-state index < -0.39 is 15.9 Å². The van der Waals surface area contributed by atoms with Crippen LogP contribution < -0.4 is 15.8 Å². The first-order chi connectivity index (χ1) is 15.8. The van der Waals surface area contributed by atoms with Gasteiger partial charge < -0.3 is 11.1 Å². The summed E-state index contributed by atoms with van der Waals surface area (Å²) in [5.41, 5.74) is 9.67. The number of hydrogen-bond donors (Lipinski definition) is 3. The molecular formula is C24H28N4O4S2. The van der Waals surface area contributed by atoms with E-state index in [0.29, 0.717) is 22.2 Å². The van der Waals surface area contributed by atoms with Crippen LogP contribution in [0, 0.1) is 11.3 Å². The van der Waals surface area contributed by atoms with Gasteiger partial charge in [-0.2, -0.15) is 0 Å². The summed E-state index contributed by atoms with van der Waals surface area (Å²) < 4.78 is 26.1. The van der Waals surface area contributed by atoms with Crippen molar-refractivity contribution in [2.24, 2.45) is 11.3 Å². The molecule has 1 aliphatic rings. The number of nitrogen functional groups attached to an aromatic ring is 1. The molecule has 0 spiro atoms. The molecule has 10 heteroatoms. The van der Waals surface area contributed by atoms with Crippen molar-refractivity contribution in [2.45, 2.75) is 51.9 Å². The molecule has 34 heavy (non-hydrogen) atoms. The van der Waals surface area contributed by atoms with Gasteiger partial charge in [-0.05, 0) is 66.5 Å². The number of carbonyl (C=O) groups excluding carboxylic acids is 2. The zero-order valence-electron chi connectivity index (χ0n) is 19.6. The molecule has 4 N–H and O–H groups in total. The van der Waals surface area contributed by atoms with Crippen molar-refractivity contribution in [1.82, 2.24) is 9.71 Å². The number of aromatic nitrogens is 1. The lowest BCUT2D eigenvalue weighted by atomic mass is 9.71. The van der Waals surface area contributed by atoms with Crippen LogP contribution >= 0.6 is 11.3 Å². The highest BCUT2D eigenvalue weighted by Crippen LogP contribution is 2.40. The number of hydrogen-bond acceptors (Lipinski definition) is 7. The standard InChI is InChI=1S/C24H28N4O4S2/c1-13(29)28-34(31,32)17-8-6-16(7-9-17)26-22(30)21-20(25)18-12-14-11-15(24(2,3)4)5-10-19(14)27-23(18)33-21/h6-9,12,15H,5,10-11,25H2,1-4H3,(H,26,30)(H,28,29). The molecule has 180 valence electrons. The summed E-state index contributed by atoms with van der Waals surface area (Å²) in [4.78, 5) is 29.9. The van der Waals surface area contributed by atoms with Crippen LogP contribution in [0.25, 0.3) is 10.2 Å². The predicted octanol–water partition coefficient (Wildman–Crippen LogP) is 4.11. The lowest BCUT2D eigenvalue weighted by molar-refractivity contribution is -0.117. The van der Waals surface area contributed by atoms with Crippen molar-refractivity contribution < 1.29 is 18.0 Å². The van der Waals surface area contributed by atoms with Crippen LogP contribution in [-0.4, -0.2) is 25.2 Å². The highest BCUT2D eigenvalue weighted by atomic mass is 32.2. The number of rotatable bonds is 4. The minimum Gasteiger partial charge on any atom is -0.397 e. The number of nitrogens with two attached hydrogens (primary N) is 1. The zero-order valence-corrected chi connectivity index (χ0v) is 21.2. The molecule has 0 radical (unpaired) electrons. The molecule has 2 heterocycles. The molecule has 0 aliphatic heterocycles. The molecule has 0 saturated carbocycles. The molecule has 0 saturated heterocycles. The summed E-state index contributed by atoms with van der Waals surface area (Å²) in [6, 6.07) is 7.63. The summed E-state index contributed by atoms with van der Waals surface area (Å²) in [6.45, 7) is 7.91. The molecule has 1 atom stereocenters. The van der Waals surface area contributed by atoms with Crippen LogP contribution in [-0.2, 0) is 27.7 Å². The summed E-state index contributed by atoms with van der Waals surface area (Å²) in [5, 5.41) is 3.55. The van der Waals surface area contributed by atoms with Gasteiger partial charge in [0.15, 0.2) is 0 Å². The largest absolute Gasteiger partial charge is 0.397 e. The Labute approximate surface area is 203 Å². The Morgan fingerprint density at radius 1 is 1.18 bits per heavy atom. The molecule has 2 amide bonds. The van der Waals surface area contributed by atoms with E-state index in [1.807, 2.05) is 4.72 Å². The Hall–Kier alpha value is -2.98. The number of nitrogens with zero attached hydrogens (tertiary/aromatic N) is 1.